The first kappa shape index (κ1) is 21.1. The number of rotatable bonds is 6. The summed E-state index contributed by atoms with van der Waals surface area (Å²) in [5, 5.41) is 5.59. The smallest absolute Gasteiger partial charge is 0.254 e. The molecule has 1 N–H and O–H groups in total. The molecule has 0 atom stereocenters. The third kappa shape index (κ3) is 4.79. The molecule has 162 valence electrons. The van der Waals surface area contributed by atoms with Crippen LogP contribution in [0.3, 0.4) is 0 Å². The molecule has 2 amide bonds. The lowest BCUT2D eigenvalue weighted by molar-refractivity contribution is -0.131. The molecule has 1 saturated heterocycles. The number of halogens is 2. The normalized spacial score (nSPS) is 14.1. The quantitative estimate of drug-likeness (QED) is 0.591. The molecule has 0 bridgehead atoms. The van der Waals surface area contributed by atoms with Crippen LogP contribution in [0.2, 0.25) is 0 Å². The zero-order chi connectivity index (χ0) is 21.8. The van der Waals surface area contributed by atoms with Crippen molar-refractivity contribution in [2.75, 3.05) is 37.6 Å². The Balaban J connectivity index is 1.21. The van der Waals surface area contributed by atoms with E-state index in [1.165, 1.54) is 0 Å². The second-order valence-electron chi connectivity index (χ2n) is 7.19. The summed E-state index contributed by atoms with van der Waals surface area (Å²) < 4.78 is 26.6. The van der Waals surface area contributed by atoms with E-state index in [1.807, 2.05) is 16.3 Å². The molecule has 7 nitrogen and oxygen atoms in total. The van der Waals surface area contributed by atoms with Crippen LogP contribution >= 0.6 is 11.3 Å². The largest absolute Gasteiger partial charge is 0.352 e. The number of carbonyl (C=O) groups is 2. The molecule has 31 heavy (non-hydrogen) atoms. The Labute approximate surface area is 181 Å². The van der Waals surface area contributed by atoms with E-state index in [1.54, 1.807) is 17.7 Å². The number of anilines is 1. The van der Waals surface area contributed by atoms with Crippen molar-refractivity contribution in [1.29, 1.82) is 0 Å². The van der Waals surface area contributed by atoms with Gasteiger partial charge in [0.1, 0.15) is 28.6 Å². The number of nitrogens with zero attached hydrogens (tertiary/aromatic N) is 4. The van der Waals surface area contributed by atoms with Gasteiger partial charge >= 0.3 is 0 Å². The Bertz CT molecular complexity index is 1100. The predicted octanol–water partition coefficient (Wildman–Crippen LogP) is 2.83. The van der Waals surface area contributed by atoms with Crippen molar-refractivity contribution in [2.24, 2.45) is 0 Å². The third-order valence-corrected chi connectivity index (χ3v) is 6.02. The lowest BCUT2D eigenvalue weighted by atomic mass is 10.2. The van der Waals surface area contributed by atoms with Crippen molar-refractivity contribution < 1.29 is 18.4 Å². The summed E-state index contributed by atoms with van der Waals surface area (Å²) in [6.45, 7) is 2.81. The Morgan fingerprint density at radius 2 is 1.90 bits per heavy atom. The standard InChI is InChI=1S/C21H21F2N5O2S/c22-14-3-4-15(17(23)12-14)20(30)24-6-1-2-18(29)27-7-9-28(10-8-27)19-16-5-11-31-21(16)26-13-25-19/h3-5,11-13H,1-2,6-10H2,(H,24,30). The van der Waals surface area contributed by atoms with Crippen molar-refractivity contribution in [3.63, 3.8) is 0 Å². The highest BCUT2D eigenvalue weighted by Crippen LogP contribution is 2.27. The summed E-state index contributed by atoms with van der Waals surface area (Å²) >= 11 is 1.57. The Morgan fingerprint density at radius 3 is 2.68 bits per heavy atom. The topological polar surface area (TPSA) is 78.4 Å². The molecule has 3 aromatic rings. The van der Waals surface area contributed by atoms with E-state index in [0.29, 0.717) is 38.7 Å². The molecular formula is C21H21F2N5O2S. The zero-order valence-corrected chi connectivity index (χ0v) is 17.5. The van der Waals surface area contributed by atoms with Crippen molar-refractivity contribution in [1.82, 2.24) is 20.2 Å². The van der Waals surface area contributed by atoms with Gasteiger partial charge in [-0.15, -0.1) is 11.3 Å². The second kappa shape index (κ2) is 9.34. The number of thiophene rings is 1. The molecule has 2 aromatic heterocycles. The van der Waals surface area contributed by atoms with Crippen LogP contribution in [0.25, 0.3) is 10.2 Å². The van der Waals surface area contributed by atoms with E-state index in [4.69, 9.17) is 0 Å². The number of piperazine rings is 1. The number of benzene rings is 1. The van der Waals surface area contributed by atoms with Gasteiger partial charge in [-0.3, -0.25) is 9.59 Å². The molecule has 0 saturated carbocycles. The number of fused-ring (bicyclic) bond motifs is 1. The molecule has 10 heteroatoms. The van der Waals surface area contributed by atoms with Gasteiger partial charge in [0.25, 0.3) is 5.91 Å². The van der Waals surface area contributed by atoms with E-state index in [2.05, 4.69) is 20.2 Å². The Hall–Kier alpha value is -3.14. The van der Waals surface area contributed by atoms with Gasteiger partial charge < -0.3 is 15.1 Å². The molecule has 0 unspecified atom stereocenters. The monoisotopic (exact) mass is 445 g/mol. The molecule has 1 aliphatic rings. The SMILES string of the molecule is O=C(NCCCC(=O)N1CCN(c2ncnc3sccc23)CC1)c1ccc(F)cc1F. The minimum atomic E-state index is -0.908. The maximum atomic E-state index is 13.6. The van der Waals surface area contributed by atoms with E-state index in [0.717, 1.165) is 28.2 Å². The predicted molar refractivity (Wildman–Crippen MR) is 114 cm³/mol. The van der Waals surface area contributed by atoms with Crippen LogP contribution < -0.4 is 10.2 Å². The molecule has 0 spiro atoms. The van der Waals surface area contributed by atoms with Gasteiger partial charge in [-0.25, -0.2) is 18.7 Å². The second-order valence-corrected chi connectivity index (χ2v) is 8.08. The van der Waals surface area contributed by atoms with Crippen molar-refractivity contribution in [2.45, 2.75) is 12.8 Å². The number of hydrogen-bond acceptors (Lipinski definition) is 6. The van der Waals surface area contributed by atoms with Crippen LogP contribution in [0, 0.1) is 11.6 Å². The lowest BCUT2D eigenvalue weighted by Gasteiger charge is -2.35. The Morgan fingerprint density at radius 1 is 1.10 bits per heavy atom. The molecule has 0 aliphatic carbocycles. The van der Waals surface area contributed by atoms with Crippen molar-refractivity contribution in [3.8, 4) is 0 Å². The molecule has 4 rings (SSSR count). The van der Waals surface area contributed by atoms with Gasteiger partial charge in [0, 0.05) is 45.2 Å². The van der Waals surface area contributed by atoms with Gasteiger partial charge in [0.2, 0.25) is 5.91 Å². The maximum Gasteiger partial charge on any atom is 0.254 e. The number of nitrogens with one attached hydrogen (secondary N) is 1. The van der Waals surface area contributed by atoms with Gasteiger partial charge in [0.15, 0.2) is 0 Å². The molecule has 1 aromatic carbocycles. The van der Waals surface area contributed by atoms with E-state index < -0.39 is 17.5 Å². The van der Waals surface area contributed by atoms with Gasteiger partial charge in [-0.1, -0.05) is 0 Å². The maximum absolute atomic E-state index is 13.6. The summed E-state index contributed by atoms with van der Waals surface area (Å²) in [6.07, 6.45) is 2.29. The van der Waals surface area contributed by atoms with Crippen molar-refractivity contribution in [3.05, 3.63) is 53.2 Å². The summed E-state index contributed by atoms with van der Waals surface area (Å²) in [5.74, 6) is -1.35. The van der Waals surface area contributed by atoms with Crippen LogP contribution in [-0.4, -0.2) is 59.4 Å². The fraction of sp³-hybridized carbons (Fsp3) is 0.333. The first-order valence-electron chi connectivity index (χ1n) is 9.97. The highest BCUT2D eigenvalue weighted by atomic mass is 32.1. The molecule has 3 heterocycles. The van der Waals surface area contributed by atoms with Crippen LogP contribution in [0.4, 0.5) is 14.6 Å². The minimum absolute atomic E-state index is 0.0187. The molecule has 1 aliphatic heterocycles. The van der Waals surface area contributed by atoms with E-state index in [9.17, 15) is 18.4 Å². The van der Waals surface area contributed by atoms with Crippen LogP contribution in [0.15, 0.2) is 36.0 Å². The summed E-state index contributed by atoms with van der Waals surface area (Å²) in [7, 11) is 0. The number of amides is 2. The van der Waals surface area contributed by atoms with Crippen LogP contribution in [0.1, 0.15) is 23.2 Å². The fourth-order valence-corrected chi connectivity index (χ4v) is 4.29. The summed E-state index contributed by atoms with van der Waals surface area (Å²) in [5.41, 5.74) is -0.215. The van der Waals surface area contributed by atoms with Crippen LogP contribution in [-0.2, 0) is 4.79 Å². The number of carbonyl (C=O) groups excluding carboxylic acids is 2. The van der Waals surface area contributed by atoms with Gasteiger partial charge in [0.05, 0.1) is 10.9 Å². The molecular weight excluding hydrogens is 424 g/mol. The molecule has 1 fully saturated rings. The fourth-order valence-electron chi connectivity index (χ4n) is 3.57. The van der Waals surface area contributed by atoms with E-state index in [-0.39, 0.29) is 24.4 Å². The Kier molecular flexibility index (Phi) is 6.36. The first-order chi connectivity index (χ1) is 15.0. The molecule has 0 radical (unpaired) electrons. The van der Waals surface area contributed by atoms with Crippen molar-refractivity contribution >= 4 is 39.2 Å². The highest BCUT2D eigenvalue weighted by Gasteiger charge is 2.23. The van der Waals surface area contributed by atoms with Gasteiger partial charge in [-0.05, 0) is 30.0 Å². The lowest BCUT2D eigenvalue weighted by Crippen LogP contribution is -2.49. The van der Waals surface area contributed by atoms with Gasteiger partial charge in [-0.2, -0.15) is 0 Å². The average Bonchev–Trinajstić information content (AvgIpc) is 3.25. The highest BCUT2D eigenvalue weighted by molar-refractivity contribution is 7.16. The summed E-state index contributed by atoms with van der Waals surface area (Å²) in [4.78, 5) is 38.1. The number of aromatic nitrogens is 2. The first-order valence-corrected chi connectivity index (χ1v) is 10.8. The average molecular weight is 445 g/mol. The van der Waals surface area contributed by atoms with E-state index >= 15 is 0 Å². The van der Waals surface area contributed by atoms with Crippen LogP contribution in [0.5, 0.6) is 0 Å². The summed E-state index contributed by atoms with van der Waals surface area (Å²) in [6, 6.07) is 4.82. The minimum Gasteiger partial charge on any atom is -0.352 e. The zero-order valence-electron chi connectivity index (χ0n) is 16.7. The third-order valence-electron chi connectivity index (χ3n) is 5.20. The number of hydrogen-bond donors (Lipinski definition) is 1.